The second-order valence-electron chi connectivity index (χ2n) is 4.13. The number of aromatic nitrogens is 2. The Morgan fingerprint density at radius 2 is 2.18 bits per heavy atom. The van der Waals surface area contributed by atoms with Crippen LogP contribution in [0.3, 0.4) is 0 Å². The van der Waals surface area contributed by atoms with Gasteiger partial charge in [0.05, 0.1) is 0 Å². The van der Waals surface area contributed by atoms with Gasteiger partial charge in [0, 0.05) is 13.6 Å². The van der Waals surface area contributed by atoms with E-state index in [1.807, 2.05) is 12.1 Å². The number of nitrogen functional groups attached to an aromatic ring is 1. The maximum Gasteiger partial charge on any atom is 0.271 e. The molecule has 1 aromatic heterocycles. The second-order valence-corrected chi connectivity index (χ2v) is 4.13. The van der Waals surface area contributed by atoms with Crippen LogP contribution in [0.15, 0.2) is 6.33 Å². The van der Waals surface area contributed by atoms with Gasteiger partial charge in [-0.25, -0.2) is 9.66 Å². The number of hydrogen-bond donors (Lipinski definition) is 2. The van der Waals surface area contributed by atoms with E-state index in [4.69, 9.17) is 11.5 Å². The summed E-state index contributed by atoms with van der Waals surface area (Å²) in [6.45, 7) is 3.05. The van der Waals surface area contributed by atoms with Crippen LogP contribution in [0.25, 0.3) is 0 Å². The first-order valence-electron chi connectivity index (χ1n) is 5.92. The Labute approximate surface area is 102 Å². The summed E-state index contributed by atoms with van der Waals surface area (Å²) in [4.78, 5) is 14.9. The van der Waals surface area contributed by atoms with Crippen molar-refractivity contribution >= 4 is 11.7 Å². The van der Waals surface area contributed by atoms with Crippen LogP contribution in [0.1, 0.15) is 43.1 Å². The SMILES string of the molecule is CCCCCCN(C)n1cnc(C(N)=O)c1N. The monoisotopic (exact) mass is 239 g/mol. The van der Waals surface area contributed by atoms with Crippen LogP contribution in [0.4, 0.5) is 5.82 Å². The van der Waals surface area contributed by atoms with E-state index in [-0.39, 0.29) is 5.69 Å². The van der Waals surface area contributed by atoms with Crippen molar-refractivity contribution in [3.63, 3.8) is 0 Å². The summed E-state index contributed by atoms with van der Waals surface area (Å²) < 4.78 is 1.66. The number of carbonyl (C=O) groups is 1. The molecule has 6 heteroatoms. The molecule has 0 saturated carbocycles. The van der Waals surface area contributed by atoms with E-state index in [0.29, 0.717) is 5.82 Å². The van der Waals surface area contributed by atoms with E-state index in [0.717, 1.165) is 13.0 Å². The molecule has 0 fully saturated rings. The molecule has 0 atom stereocenters. The van der Waals surface area contributed by atoms with E-state index >= 15 is 0 Å². The van der Waals surface area contributed by atoms with Gasteiger partial charge in [-0.15, -0.1) is 0 Å². The van der Waals surface area contributed by atoms with Crippen molar-refractivity contribution in [3.05, 3.63) is 12.0 Å². The maximum atomic E-state index is 11.0. The third kappa shape index (κ3) is 3.37. The minimum Gasteiger partial charge on any atom is -0.382 e. The fourth-order valence-corrected chi connectivity index (χ4v) is 1.69. The first-order chi connectivity index (χ1) is 8.07. The van der Waals surface area contributed by atoms with Crippen LogP contribution in [0, 0.1) is 0 Å². The molecule has 0 aliphatic carbocycles. The van der Waals surface area contributed by atoms with Gasteiger partial charge in [-0.05, 0) is 6.42 Å². The predicted molar refractivity (Wildman–Crippen MR) is 68.3 cm³/mol. The van der Waals surface area contributed by atoms with Crippen molar-refractivity contribution in [1.29, 1.82) is 0 Å². The van der Waals surface area contributed by atoms with Crippen molar-refractivity contribution in [2.24, 2.45) is 5.73 Å². The standard InChI is InChI=1S/C11H21N5O/c1-3-4-5-6-7-15(2)16-8-14-9(10(16)12)11(13)17/h8H,3-7,12H2,1-2H3,(H2,13,17). The van der Waals surface area contributed by atoms with Gasteiger partial charge in [-0.3, -0.25) is 4.79 Å². The fraction of sp³-hybridized carbons (Fsp3) is 0.636. The highest BCUT2D eigenvalue weighted by Gasteiger charge is 2.14. The number of primary amides is 1. The maximum absolute atomic E-state index is 11.0. The molecule has 0 bridgehead atoms. The topological polar surface area (TPSA) is 90.2 Å². The lowest BCUT2D eigenvalue weighted by atomic mass is 10.2. The van der Waals surface area contributed by atoms with Crippen molar-refractivity contribution in [3.8, 4) is 0 Å². The van der Waals surface area contributed by atoms with E-state index in [1.54, 1.807) is 4.68 Å². The molecular formula is C11H21N5O. The number of carbonyl (C=O) groups excluding carboxylic acids is 1. The average Bonchev–Trinajstić information content (AvgIpc) is 2.66. The molecule has 1 aromatic rings. The summed E-state index contributed by atoms with van der Waals surface area (Å²) in [6, 6.07) is 0. The lowest BCUT2D eigenvalue weighted by Crippen LogP contribution is -2.32. The molecule has 0 spiro atoms. The van der Waals surface area contributed by atoms with Crippen LogP contribution in [-0.2, 0) is 0 Å². The summed E-state index contributed by atoms with van der Waals surface area (Å²) >= 11 is 0. The molecule has 6 nitrogen and oxygen atoms in total. The zero-order valence-electron chi connectivity index (χ0n) is 10.5. The van der Waals surface area contributed by atoms with Gasteiger partial charge in [0.15, 0.2) is 11.5 Å². The summed E-state index contributed by atoms with van der Waals surface area (Å²) in [5, 5.41) is 1.93. The van der Waals surface area contributed by atoms with Gasteiger partial charge < -0.3 is 16.5 Å². The van der Waals surface area contributed by atoms with Crippen LogP contribution in [0.5, 0.6) is 0 Å². The number of rotatable bonds is 7. The van der Waals surface area contributed by atoms with Crippen molar-refractivity contribution in [1.82, 2.24) is 9.66 Å². The highest BCUT2D eigenvalue weighted by atomic mass is 16.1. The number of nitrogens with two attached hydrogens (primary N) is 2. The first-order valence-corrected chi connectivity index (χ1v) is 5.92. The highest BCUT2D eigenvalue weighted by molar-refractivity contribution is 5.95. The fourth-order valence-electron chi connectivity index (χ4n) is 1.69. The minimum atomic E-state index is -0.597. The Kier molecular flexibility index (Phi) is 4.81. The molecule has 1 heterocycles. The molecule has 0 aliphatic rings. The number of imidazole rings is 1. The van der Waals surface area contributed by atoms with E-state index in [9.17, 15) is 4.79 Å². The molecular weight excluding hydrogens is 218 g/mol. The number of amides is 1. The summed E-state index contributed by atoms with van der Waals surface area (Å²) in [6.07, 6.45) is 6.25. The smallest absolute Gasteiger partial charge is 0.271 e. The zero-order valence-corrected chi connectivity index (χ0v) is 10.5. The Hall–Kier alpha value is -1.72. The molecule has 96 valence electrons. The third-order valence-corrected chi connectivity index (χ3v) is 2.72. The van der Waals surface area contributed by atoms with E-state index in [2.05, 4.69) is 11.9 Å². The molecule has 0 radical (unpaired) electrons. The normalized spacial score (nSPS) is 10.5. The predicted octanol–water partition coefficient (Wildman–Crippen LogP) is 0.712. The van der Waals surface area contributed by atoms with Crippen LogP contribution < -0.4 is 16.5 Å². The first kappa shape index (κ1) is 13.3. The Morgan fingerprint density at radius 1 is 1.47 bits per heavy atom. The molecule has 1 rings (SSSR count). The third-order valence-electron chi connectivity index (χ3n) is 2.72. The van der Waals surface area contributed by atoms with Gasteiger partial charge in [-0.2, -0.15) is 0 Å². The quantitative estimate of drug-likeness (QED) is 0.686. The van der Waals surface area contributed by atoms with Crippen LogP contribution in [0.2, 0.25) is 0 Å². The highest BCUT2D eigenvalue weighted by Crippen LogP contribution is 2.10. The zero-order chi connectivity index (χ0) is 12.8. The lowest BCUT2D eigenvalue weighted by Gasteiger charge is -2.21. The molecule has 0 aliphatic heterocycles. The summed E-state index contributed by atoms with van der Waals surface area (Å²) in [7, 11) is 1.91. The van der Waals surface area contributed by atoms with Gasteiger partial charge in [0.1, 0.15) is 6.33 Å². The van der Waals surface area contributed by atoms with Crippen LogP contribution in [-0.4, -0.2) is 29.2 Å². The van der Waals surface area contributed by atoms with Crippen molar-refractivity contribution in [2.45, 2.75) is 32.6 Å². The second kappa shape index (κ2) is 6.12. The lowest BCUT2D eigenvalue weighted by molar-refractivity contribution is 0.0997. The van der Waals surface area contributed by atoms with E-state index < -0.39 is 5.91 Å². The number of nitrogens with zero attached hydrogens (tertiary/aromatic N) is 3. The molecule has 0 unspecified atom stereocenters. The molecule has 17 heavy (non-hydrogen) atoms. The van der Waals surface area contributed by atoms with Gasteiger partial charge in [-0.1, -0.05) is 26.2 Å². The van der Waals surface area contributed by atoms with Gasteiger partial charge in [0.2, 0.25) is 0 Å². The average molecular weight is 239 g/mol. The Bertz CT molecular complexity index is 374. The summed E-state index contributed by atoms with van der Waals surface area (Å²) in [5.41, 5.74) is 11.1. The molecule has 0 saturated heterocycles. The molecule has 1 amide bonds. The van der Waals surface area contributed by atoms with Gasteiger partial charge in [0.25, 0.3) is 5.91 Å². The Balaban J connectivity index is 2.57. The molecule has 4 N–H and O–H groups in total. The van der Waals surface area contributed by atoms with Crippen LogP contribution >= 0.6 is 0 Å². The minimum absolute atomic E-state index is 0.130. The van der Waals surface area contributed by atoms with Gasteiger partial charge >= 0.3 is 0 Å². The molecule has 0 aromatic carbocycles. The summed E-state index contributed by atoms with van der Waals surface area (Å²) in [5.74, 6) is -0.295. The number of hydrogen-bond acceptors (Lipinski definition) is 4. The number of anilines is 1. The largest absolute Gasteiger partial charge is 0.382 e. The Morgan fingerprint density at radius 3 is 2.71 bits per heavy atom. The van der Waals surface area contributed by atoms with E-state index in [1.165, 1.54) is 25.6 Å². The van der Waals surface area contributed by atoms with Crippen molar-refractivity contribution < 1.29 is 4.79 Å². The van der Waals surface area contributed by atoms with Crippen molar-refractivity contribution in [2.75, 3.05) is 24.3 Å². The number of unbranched alkanes of at least 4 members (excludes halogenated alkanes) is 3.